The molecule has 0 bridgehead atoms. The zero-order valence-corrected chi connectivity index (χ0v) is 26.4. The molecular weight excluding hydrogens is 581 g/mol. The van der Waals surface area contributed by atoms with Crippen LogP contribution >= 0.6 is 23.2 Å². The Morgan fingerprint density at radius 3 is 2.49 bits per heavy atom. The zero-order chi connectivity index (χ0) is 30.0. The third-order valence-electron chi connectivity index (χ3n) is 9.52. The lowest BCUT2D eigenvalue weighted by atomic mass is 9.75. The van der Waals surface area contributed by atoms with E-state index in [1.165, 1.54) is 5.56 Å². The average Bonchev–Trinajstić information content (AvgIpc) is 3.60. The molecule has 2 aliphatic heterocycles. The minimum Gasteiger partial charge on any atom is -0.423 e. The van der Waals surface area contributed by atoms with Crippen LogP contribution in [0.3, 0.4) is 0 Å². The number of oxazole rings is 1. The van der Waals surface area contributed by atoms with Gasteiger partial charge in [0.1, 0.15) is 11.1 Å². The lowest BCUT2D eigenvalue weighted by Gasteiger charge is -2.43. The highest BCUT2D eigenvalue weighted by Gasteiger charge is 2.50. The number of hydrogen-bond donors (Lipinski definition) is 1. The number of anilines is 2. The number of rotatable bonds is 10. The fourth-order valence-electron chi connectivity index (χ4n) is 6.69. The molecule has 3 aromatic carbocycles. The second kappa shape index (κ2) is 12.4. The monoisotopic (exact) mass is 619 g/mol. The van der Waals surface area contributed by atoms with Crippen molar-refractivity contribution in [2.75, 3.05) is 49.7 Å². The van der Waals surface area contributed by atoms with Crippen LogP contribution in [0.1, 0.15) is 44.6 Å². The fraction of sp³-hybridized carbons (Fsp3) is 0.412. The van der Waals surface area contributed by atoms with Gasteiger partial charge >= 0.3 is 0 Å². The molecule has 1 atom stereocenters. The molecule has 1 N–H and O–H groups in total. The van der Waals surface area contributed by atoms with Gasteiger partial charge in [-0.05, 0) is 86.0 Å². The van der Waals surface area contributed by atoms with E-state index in [0.717, 1.165) is 75.1 Å². The third kappa shape index (κ3) is 6.08. The normalized spacial score (nSPS) is 18.2. The summed E-state index contributed by atoms with van der Waals surface area (Å²) in [6.07, 6.45) is 4.57. The number of benzene rings is 3. The SMILES string of the molecule is CN(CCC(C)(CCCN1CCC2(CC1)C(=O)NCN2c1ccccc1)c1ccc(Cl)c(Cl)c1)c1nc2ccccc2o1. The lowest BCUT2D eigenvalue weighted by Crippen LogP contribution is -2.56. The molecule has 9 heteroatoms. The van der Waals surface area contributed by atoms with Crippen LogP contribution in [-0.4, -0.2) is 61.2 Å². The van der Waals surface area contributed by atoms with Gasteiger partial charge in [-0.3, -0.25) is 4.79 Å². The number of para-hydroxylation sites is 3. The summed E-state index contributed by atoms with van der Waals surface area (Å²) in [5.74, 6) is 0.159. The molecule has 226 valence electrons. The molecule has 43 heavy (non-hydrogen) atoms. The van der Waals surface area contributed by atoms with E-state index < -0.39 is 5.54 Å². The molecule has 1 unspecified atom stereocenters. The number of carbonyl (C=O) groups excluding carboxylic acids is 1. The number of hydrogen-bond acceptors (Lipinski definition) is 6. The van der Waals surface area contributed by atoms with Crippen molar-refractivity contribution >= 4 is 51.9 Å². The molecule has 1 aromatic heterocycles. The highest BCUT2D eigenvalue weighted by Crippen LogP contribution is 2.39. The van der Waals surface area contributed by atoms with E-state index in [9.17, 15) is 4.79 Å². The summed E-state index contributed by atoms with van der Waals surface area (Å²) < 4.78 is 6.02. The minimum atomic E-state index is -0.457. The van der Waals surface area contributed by atoms with Gasteiger partial charge in [0.05, 0.1) is 16.7 Å². The van der Waals surface area contributed by atoms with Crippen LogP contribution in [0.4, 0.5) is 11.7 Å². The maximum absolute atomic E-state index is 13.1. The number of fused-ring (bicyclic) bond motifs is 1. The molecule has 0 radical (unpaired) electrons. The topological polar surface area (TPSA) is 64.8 Å². The van der Waals surface area contributed by atoms with Gasteiger partial charge in [-0.1, -0.05) is 66.5 Å². The van der Waals surface area contributed by atoms with E-state index in [4.69, 9.17) is 27.6 Å². The smallest absolute Gasteiger partial charge is 0.298 e. The van der Waals surface area contributed by atoms with Crippen LogP contribution in [0.5, 0.6) is 0 Å². The Bertz CT molecular complexity index is 1540. The second-order valence-electron chi connectivity index (χ2n) is 12.2. The number of likely N-dealkylation sites (tertiary alicyclic amines) is 1. The number of amides is 1. The first kappa shape index (κ1) is 29.8. The van der Waals surface area contributed by atoms with Crippen molar-refractivity contribution in [1.29, 1.82) is 0 Å². The predicted octanol–water partition coefficient (Wildman–Crippen LogP) is 7.13. The number of halogens is 2. The summed E-state index contributed by atoms with van der Waals surface area (Å²) in [7, 11) is 2.03. The van der Waals surface area contributed by atoms with E-state index in [2.05, 4.69) is 50.1 Å². The zero-order valence-electron chi connectivity index (χ0n) is 24.9. The molecule has 1 amide bonds. The number of nitrogens with one attached hydrogen (secondary N) is 1. The number of aromatic nitrogens is 1. The largest absolute Gasteiger partial charge is 0.423 e. The summed E-state index contributed by atoms with van der Waals surface area (Å²) >= 11 is 12.8. The van der Waals surface area contributed by atoms with Crippen LogP contribution in [0.2, 0.25) is 10.0 Å². The molecule has 3 heterocycles. The van der Waals surface area contributed by atoms with Gasteiger partial charge in [0.15, 0.2) is 5.58 Å². The second-order valence-corrected chi connectivity index (χ2v) is 13.0. The van der Waals surface area contributed by atoms with Gasteiger partial charge in [0.2, 0.25) is 5.91 Å². The summed E-state index contributed by atoms with van der Waals surface area (Å²) in [5.41, 5.74) is 3.37. The van der Waals surface area contributed by atoms with Crippen LogP contribution in [0.15, 0.2) is 77.2 Å². The van der Waals surface area contributed by atoms with Crippen molar-refractivity contribution in [2.24, 2.45) is 0 Å². The first-order valence-corrected chi connectivity index (χ1v) is 15.9. The van der Waals surface area contributed by atoms with Crippen molar-refractivity contribution in [3.8, 4) is 0 Å². The fourth-order valence-corrected chi connectivity index (χ4v) is 6.99. The van der Waals surface area contributed by atoms with Crippen molar-refractivity contribution in [3.63, 3.8) is 0 Å². The predicted molar refractivity (Wildman–Crippen MR) is 175 cm³/mol. The Balaban J connectivity index is 1.10. The van der Waals surface area contributed by atoms with Crippen molar-refractivity contribution in [3.05, 3.63) is 88.4 Å². The molecule has 7 nitrogen and oxygen atoms in total. The van der Waals surface area contributed by atoms with Gasteiger partial charge in [0.25, 0.3) is 6.01 Å². The molecule has 2 fully saturated rings. The maximum atomic E-state index is 13.1. The summed E-state index contributed by atoms with van der Waals surface area (Å²) in [6, 6.07) is 24.8. The summed E-state index contributed by atoms with van der Waals surface area (Å²) in [5, 5.41) is 4.26. The average molecular weight is 621 g/mol. The Labute approximate surface area is 263 Å². The summed E-state index contributed by atoms with van der Waals surface area (Å²) in [6.45, 7) is 6.46. The minimum absolute atomic E-state index is 0.124. The van der Waals surface area contributed by atoms with Gasteiger partial charge in [0, 0.05) is 32.4 Å². The highest BCUT2D eigenvalue weighted by molar-refractivity contribution is 6.42. The van der Waals surface area contributed by atoms with E-state index in [0.29, 0.717) is 22.7 Å². The Morgan fingerprint density at radius 2 is 1.74 bits per heavy atom. The van der Waals surface area contributed by atoms with E-state index in [-0.39, 0.29) is 11.3 Å². The molecule has 4 aromatic rings. The maximum Gasteiger partial charge on any atom is 0.298 e. The van der Waals surface area contributed by atoms with Gasteiger partial charge in [-0.2, -0.15) is 4.98 Å². The molecule has 0 saturated carbocycles. The molecule has 6 rings (SSSR count). The molecule has 1 spiro atoms. The first-order chi connectivity index (χ1) is 20.8. The molecule has 0 aliphatic carbocycles. The number of carbonyl (C=O) groups is 1. The highest BCUT2D eigenvalue weighted by atomic mass is 35.5. The first-order valence-electron chi connectivity index (χ1n) is 15.1. The quantitative estimate of drug-likeness (QED) is 0.204. The van der Waals surface area contributed by atoms with Gasteiger partial charge in [-0.15, -0.1) is 0 Å². The van der Waals surface area contributed by atoms with E-state index in [1.807, 2.05) is 61.6 Å². The molecule has 2 aliphatic rings. The number of nitrogens with zero attached hydrogens (tertiary/aromatic N) is 4. The van der Waals surface area contributed by atoms with Crippen LogP contribution in [0.25, 0.3) is 11.1 Å². The van der Waals surface area contributed by atoms with E-state index in [1.54, 1.807) is 0 Å². The van der Waals surface area contributed by atoms with Crippen LogP contribution < -0.4 is 15.1 Å². The summed E-state index contributed by atoms with van der Waals surface area (Å²) in [4.78, 5) is 24.6. The van der Waals surface area contributed by atoms with Gasteiger partial charge in [-0.25, -0.2) is 0 Å². The van der Waals surface area contributed by atoms with Gasteiger partial charge < -0.3 is 24.4 Å². The Hall–Kier alpha value is -3.26. The Morgan fingerprint density at radius 1 is 1.00 bits per heavy atom. The standard InChI is InChI=1S/C34H39Cl2N5O2/c1-33(25-13-14-27(35)28(36)23-25,16-20-39(2)32-38-29-11-6-7-12-30(29)43-32)15-8-19-40-21-17-34(18-22-40)31(42)37-24-41(34)26-9-4-3-5-10-26/h3-7,9-14,23H,8,15-22,24H2,1-2H3,(H,37,42). The van der Waals surface area contributed by atoms with Crippen molar-refractivity contribution in [1.82, 2.24) is 15.2 Å². The van der Waals surface area contributed by atoms with Crippen molar-refractivity contribution in [2.45, 2.75) is 50.0 Å². The van der Waals surface area contributed by atoms with Crippen LogP contribution in [-0.2, 0) is 10.2 Å². The number of piperidine rings is 1. The van der Waals surface area contributed by atoms with E-state index >= 15 is 0 Å². The molecular formula is C34H39Cl2N5O2. The van der Waals surface area contributed by atoms with Crippen LogP contribution in [0, 0.1) is 0 Å². The Kier molecular flexibility index (Phi) is 8.58. The van der Waals surface area contributed by atoms with Crippen molar-refractivity contribution < 1.29 is 9.21 Å². The third-order valence-corrected chi connectivity index (χ3v) is 10.3. The lowest BCUT2D eigenvalue weighted by molar-refractivity contribution is -0.125. The molecule has 2 saturated heterocycles.